The number of hydrogen-bond acceptors (Lipinski definition) is 8. The first-order chi connectivity index (χ1) is 17.3. The molecule has 2 aromatic heterocycles. The van der Waals surface area contributed by atoms with E-state index in [4.69, 9.17) is 14.7 Å². The summed E-state index contributed by atoms with van der Waals surface area (Å²) in [6.45, 7) is 2.42. The molecule has 176 valence electrons. The summed E-state index contributed by atoms with van der Waals surface area (Å²) in [5, 5.41) is 12.0. The Kier molecular flexibility index (Phi) is 5.85. The fourth-order valence-corrected chi connectivity index (χ4v) is 5.22. The average Bonchev–Trinajstić information content (AvgIpc) is 3.59. The first kappa shape index (κ1) is 21.7. The van der Waals surface area contributed by atoms with Crippen LogP contribution < -0.4 is 10.3 Å². The van der Waals surface area contributed by atoms with Gasteiger partial charge in [-0.2, -0.15) is 10.1 Å². The van der Waals surface area contributed by atoms with Crippen LogP contribution in [0.25, 0.3) is 10.2 Å². The van der Waals surface area contributed by atoms with Gasteiger partial charge in [0.15, 0.2) is 5.82 Å². The van der Waals surface area contributed by atoms with Crippen LogP contribution in [0.3, 0.4) is 0 Å². The summed E-state index contributed by atoms with van der Waals surface area (Å²) in [5.74, 6) is 1.30. The number of carbonyl (C=O) groups is 1. The molecule has 9 heteroatoms. The quantitative estimate of drug-likeness (QED) is 0.436. The maximum absolute atomic E-state index is 12.7. The lowest BCUT2D eigenvalue weighted by Crippen LogP contribution is -2.40. The Hall–Kier alpha value is -3.82. The summed E-state index contributed by atoms with van der Waals surface area (Å²) < 4.78 is 6.35. The number of hydrogen-bond donors (Lipinski definition) is 1. The van der Waals surface area contributed by atoms with Crippen LogP contribution >= 0.6 is 11.3 Å². The molecule has 4 heterocycles. The Balaban J connectivity index is 1.26. The Morgan fingerprint density at radius 2 is 1.80 bits per heavy atom. The number of benzene rings is 2. The molecule has 1 amide bonds. The summed E-state index contributed by atoms with van der Waals surface area (Å²) in [7, 11) is 0. The number of ether oxygens (including phenoxy) is 1. The van der Waals surface area contributed by atoms with Crippen molar-refractivity contribution in [2.45, 2.75) is 12.5 Å². The van der Waals surface area contributed by atoms with Gasteiger partial charge in [0, 0.05) is 37.0 Å². The van der Waals surface area contributed by atoms with Crippen molar-refractivity contribution in [2.24, 2.45) is 5.10 Å². The number of aromatic nitrogens is 2. The molecule has 0 radical (unpaired) electrons. The SMILES string of the molecule is O=C(c1ccc(Nc2nc(N3N=CCC3c3ccccc3)c3sccc3n2)cc1)N1CCOCC1. The van der Waals surface area contributed by atoms with Gasteiger partial charge >= 0.3 is 0 Å². The third kappa shape index (κ3) is 4.36. The van der Waals surface area contributed by atoms with Crippen molar-refractivity contribution in [1.29, 1.82) is 0 Å². The predicted octanol–water partition coefficient (Wildman–Crippen LogP) is 4.84. The lowest BCUT2D eigenvalue weighted by atomic mass is 10.0. The summed E-state index contributed by atoms with van der Waals surface area (Å²) >= 11 is 1.61. The third-order valence-corrected chi connectivity index (χ3v) is 7.10. The van der Waals surface area contributed by atoms with E-state index in [-0.39, 0.29) is 11.9 Å². The molecule has 0 aliphatic carbocycles. The highest BCUT2D eigenvalue weighted by Gasteiger charge is 2.28. The van der Waals surface area contributed by atoms with Crippen molar-refractivity contribution in [3.8, 4) is 0 Å². The fraction of sp³-hybridized carbons (Fsp3) is 0.231. The van der Waals surface area contributed by atoms with E-state index < -0.39 is 0 Å². The van der Waals surface area contributed by atoms with E-state index in [1.165, 1.54) is 5.56 Å². The van der Waals surface area contributed by atoms with E-state index in [2.05, 4.69) is 22.6 Å². The molecule has 1 fully saturated rings. The van der Waals surface area contributed by atoms with Crippen LogP contribution in [0, 0.1) is 0 Å². The average molecular weight is 485 g/mol. The normalized spacial score (nSPS) is 17.8. The van der Waals surface area contributed by atoms with E-state index in [9.17, 15) is 4.79 Å². The third-order valence-electron chi connectivity index (χ3n) is 6.20. The number of nitrogens with zero attached hydrogens (tertiary/aromatic N) is 5. The molecule has 1 N–H and O–H groups in total. The van der Waals surface area contributed by atoms with Crippen molar-refractivity contribution in [3.05, 3.63) is 77.2 Å². The summed E-state index contributed by atoms with van der Waals surface area (Å²) in [4.78, 5) is 24.1. The van der Waals surface area contributed by atoms with Gasteiger partial charge in [0.1, 0.15) is 0 Å². The van der Waals surface area contributed by atoms with Gasteiger partial charge in [-0.25, -0.2) is 9.99 Å². The summed E-state index contributed by atoms with van der Waals surface area (Å²) in [6, 6.07) is 19.9. The first-order valence-electron chi connectivity index (χ1n) is 11.6. The van der Waals surface area contributed by atoms with Crippen LogP contribution in [-0.2, 0) is 4.74 Å². The molecule has 4 aromatic rings. The van der Waals surface area contributed by atoms with E-state index in [0.29, 0.717) is 37.8 Å². The minimum atomic E-state index is 0.0249. The zero-order chi connectivity index (χ0) is 23.6. The van der Waals surface area contributed by atoms with Gasteiger partial charge in [-0.1, -0.05) is 30.3 Å². The highest BCUT2D eigenvalue weighted by molar-refractivity contribution is 7.17. The molecule has 2 aromatic carbocycles. The second-order valence-electron chi connectivity index (χ2n) is 8.42. The number of carbonyl (C=O) groups excluding carboxylic acids is 1. The Labute approximate surface area is 206 Å². The Morgan fingerprint density at radius 1 is 1.00 bits per heavy atom. The number of thiophene rings is 1. The van der Waals surface area contributed by atoms with Crippen molar-refractivity contribution in [1.82, 2.24) is 14.9 Å². The second-order valence-corrected chi connectivity index (χ2v) is 9.33. The standard InChI is InChI=1S/C26H24N6O2S/c33-25(31-13-15-34-16-14-31)19-6-8-20(9-7-19)28-26-29-21-11-17-35-23(21)24(30-26)32-22(10-12-27-32)18-4-2-1-3-5-18/h1-9,11-12,17,22H,10,13-16H2,(H,28,29,30). The van der Waals surface area contributed by atoms with Gasteiger partial charge in [-0.3, -0.25) is 4.79 Å². The summed E-state index contributed by atoms with van der Waals surface area (Å²) in [5.41, 5.74) is 3.54. The zero-order valence-electron chi connectivity index (χ0n) is 19.0. The van der Waals surface area contributed by atoms with Crippen LogP contribution in [0.5, 0.6) is 0 Å². The van der Waals surface area contributed by atoms with Crippen LogP contribution in [0.1, 0.15) is 28.4 Å². The first-order valence-corrected chi connectivity index (χ1v) is 12.5. The Morgan fingerprint density at radius 3 is 2.60 bits per heavy atom. The van der Waals surface area contributed by atoms with Gasteiger partial charge in [0.2, 0.25) is 5.95 Å². The van der Waals surface area contributed by atoms with Crippen molar-refractivity contribution < 1.29 is 9.53 Å². The second kappa shape index (κ2) is 9.44. The van der Waals surface area contributed by atoms with E-state index in [1.54, 1.807) is 11.3 Å². The number of morpholine rings is 1. The number of nitrogens with one attached hydrogen (secondary N) is 1. The topological polar surface area (TPSA) is 83.0 Å². The maximum atomic E-state index is 12.7. The molecular weight excluding hydrogens is 460 g/mol. The molecule has 0 saturated carbocycles. The van der Waals surface area contributed by atoms with E-state index in [0.717, 1.165) is 28.1 Å². The van der Waals surface area contributed by atoms with Gasteiger partial charge in [0.25, 0.3) is 5.91 Å². The molecular formula is C26H24N6O2S. The molecule has 1 atom stereocenters. The minimum absolute atomic E-state index is 0.0249. The smallest absolute Gasteiger partial charge is 0.254 e. The lowest BCUT2D eigenvalue weighted by molar-refractivity contribution is 0.0303. The highest BCUT2D eigenvalue weighted by atomic mass is 32.1. The maximum Gasteiger partial charge on any atom is 0.254 e. The molecule has 8 nitrogen and oxygen atoms in total. The molecule has 1 saturated heterocycles. The monoisotopic (exact) mass is 484 g/mol. The minimum Gasteiger partial charge on any atom is -0.378 e. The van der Waals surface area contributed by atoms with Crippen LogP contribution in [0.15, 0.2) is 71.1 Å². The fourth-order valence-electron chi connectivity index (χ4n) is 4.40. The highest BCUT2D eigenvalue weighted by Crippen LogP contribution is 2.38. The van der Waals surface area contributed by atoms with Crippen molar-refractivity contribution >= 4 is 51.1 Å². The molecule has 35 heavy (non-hydrogen) atoms. The van der Waals surface area contributed by atoms with Crippen LogP contribution in [-0.4, -0.2) is 53.3 Å². The molecule has 2 aliphatic heterocycles. The molecule has 1 unspecified atom stereocenters. The lowest BCUT2D eigenvalue weighted by Gasteiger charge is -2.26. The van der Waals surface area contributed by atoms with E-state index in [1.807, 2.05) is 70.0 Å². The largest absolute Gasteiger partial charge is 0.378 e. The number of anilines is 3. The number of fused-ring (bicyclic) bond motifs is 1. The van der Waals surface area contributed by atoms with Gasteiger partial charge in [-0.15, -0.1) is 11.3 Å². The van der Waals surface area contributed by atoms with Crippen LogP contribution in [0.4, 0.5) is 17.5 Å². The van der Waals surface area contributed by atoms with Gasteiger partial charge < -0.3 is 15.0 Å². The molecule has 2 aliphatic rings. The van der Waals surface area contributed by atoms with E-state index >= 15 is 0 Å². The number of amides is 1. The van der Waals surface area contributed by atoms with Gasteiger partial charge in [0.05, 0.1) is 29.5 Å². The Bertz CT molecular complexity index is 1370. The summed E-state index contributed by atoms with van der Waals surface area (Å²) in [6.07, 6.45) is 2.76. The predicted molar refractivity (Wildman–Crippen MR) is 139 cm³/mol. The molecule has 0 bridgehead atoms. The van der Waals surface area contributed by atoms with Crippen LogP contribution in [0.2, 0.25) is 0 Å². The van der Waals surface area contributed by atoms with Gasteiger partial charge in [-0.05, 0) is 41.3 Å². The molecule has 6 rings (SSSR count). The zero-order valence-corrected chi connectivity index (χ0v) is 19.8. The number of rotatable bonds is 5. The number of hydrazone groups is 1. The van der Waals surface area contributed by atoms with Crippen molar-refractivity contribution in [3.63, 3.8) is 0 Å². The molecule has 0 spiro atoms. The van der Waals surface area contributed by atoms with Crippen molar-refractivity contribution in [2.75, 3.05) is 36.6 Å².